The smallest absolute Gasteiger partial charge is 0.162 e. The van der Waals surface area contributed by atoms with Gasteiger partial charge in [0.1, 0.15) is 0 Å². The van der Waals surface area contributed by atoms with Crippen molar-refractivity contribution in [3.8, 4) is 11.5 Å². The van der Waals surface area contributed by atoms with Crippen molar-refractivity contribution in [1.82, 2.24) is 9.88 Å². The predicted octanol–water partition coefficient (Wildman–Crippen LogP) is 1.75. The van der Waals surface area contributed by atoms with Crippen molar-refractivity contribution < 1.29 is 9.47 Å². The third kappa shape index (κ3) is 2.39. The van der Waals surface area contributed by atoms with Crippen molar-refractivity contribution in [3.05, 3.63) is 23.9 Å². The molecule has 1 unspecified atom stereocenters. The summed E-state index contributed by atoms with van der Waals surface area (Å²) < 4.78 is 10.7. The first-order valence-electron chi connectivity index (χ1n) is 6.21. The summed E-state index contributed by atoms with van der Waals surface area (Å²) in [5, 5.41) is 1.11. The number of H-pyrrole nitrogens is 1. The lowest BCUT2D eigenvalue weighted by molar-refractivity contribution is 0.307. The number of aromatic nitrogens is 1. The molecule has 5 nitrogen and oxygen atoms in total. The Bertz CT molecular complexity index is 563. The molecule has 0 fully saturated rings. The molecule has 0 radical (unpaired) electrons. The van der Waals surface area contributed by atoms with Gasteiger partial charge in [-0.15, -0.1) is 0 Å². The number of methoxy groups -OCH3 is 2. The van der Waals surface area contributed by atoms with Crippen LogP contribution in [-0.4, -0.2) is 44.7 Å². The summed E-state index contributed by atoms with van der Waals surface area (Å²) >= 11 is 0. The van der Waals surface area contributed by atoms with Crippen molar-refractivity contribution in [1.29, 1.82) is 0 Å². The van der Waals surface area contributed by atoms with Gasteiger partial charge in [-0.2, -0.15) is 0 Å². The second-order valence-corrected chi connectivity index (χ2v) is 4.71. The highest BCUT2D eigenvalue weighted by molar-refractivity contribution is 5.87. The molecule has 0 saturated heterocycles. The number of nitrogens with one attached hydrogen (secondary N) is 1. The number of fused-ring (bicyclic) bond motifs is 1. The van der Waals surface area contributed by atoms with Crippen molar-refractivity contribution in [3.63, 3.8) is 0 Å². The molecular weight excluding hydrogens is 242 g/mol. The van der Waals surface area contributed by atoms with E-state index >= 15 is 0 Å². The number of likely N-dealkylation sites (N-methyl/N-ethyl adjacent to an activating group) is 1. The minimum absolute atomic E-state index is 0.173. The van der Waals surface area contributed by atoms with Crippen LogP contribution >= 0.6 is 0 Å². The van der Waals surface area contributed by atoms with Crippen LogP contribution in [0.1, 0.15) is 11.6 Å². The number of nitrogens with zero attached hydrogens (tertiary/aromatic N) is 1. The lowest BCUT2D eigenvalue weighted by Gasteiger charge is -2.22. The summed E-state index contributed by atoms with van der Waals surface area (Å²) in [6, 6.07) is 4.11. The van der Waals surface area contributed by atoms with Gasteiger partial charge in [0, 0.05) is 35.8 Å². The Kier molecular flexibility index (Phi) is 3.97. The SMILES string of the molecule is COc1cc2[nH]cc(C(CN)N(C)C)c2cc1OC. The van der Waals surface area contributed by atoms with E-state index in [2.05, 4.69) is 9.88 Å². The molecule has 0 aliphatic rings. The molecule has 0 saturated carbocycles. The van der Waals surface area contributed by atoms with Gasteiger partial charge in [0.2, 0.25) is 0 Å². The lowest BCUT2D eigenvalue weighted by atomic mass is 10.0. The Morgan fingerprint density at radius 1 is 1.21 bits per heavy atom. The molecule has 1 aromatic carbocycles. The van der Waals surface area contributed by atoms with Crippen molar-refractivity contribution in [2.75, 3.05) is 34.9 Å². The second kappa shape index (κ2) is 5.50. The van der Waals surface area contributed by atoms with Crippen LogP contribution in [0.25, 0.3) is 10.9 Å². The van der Waals surface area contributed by atoms with E-state index in [1.807, 2.05) is 32.4 Å². The molecule has 0 aliphatic heterocycles. The summed E-state index contributed by atoms with van der Waals surface area (Å²) in [4.78, 5) is 5.38. The van der Waals surface area contributed by atoms with Crippen LogP contribution in [0.4, 0.5) is 0 Å². The topological polar surface area (TPSA) is 63.5 Å². The van der Waals surface area contributed by atoms with Gasteiger partial charge in [-0.05, 0) is 25.7 Å². The molecule has 1 heterocycles. The summed E-state index contributed by atoms with van der Waals surface area (Å²) in [5.74, 6) is 1.45. The van der Waals surface area contributed by atoms with Crippen LogP contribution in [0.15, 0.2) is 18.3 Å². The van der Waals surface area contributed by atoms with Crippen LogP contribution in [0.2, 0.25) is 0 Å². The van der Waals surface area contributed by atoms with Crippen LogP contribution in [0, 0.1) is 0 Å². The van der Waals surface area contributed by atoms with Gasteiger partial charge in [-0.25, -0.2) is 0 Å². The summed E-state index contributed by atoms with van der Waals surface area (Å²) in [5.41, 5.74) is 8.06. The molecule has 19 heavy (non-hydrogen) atoms. The first kappa shape index (κ1) is 13.7. The third-order valence-corrected chi connectivity index (χ3v) is 3.42. The number of nitrogens with two attached hydrogens (primary N) is 1. The quantitative estimate of drug-likeness (QED) is 0.862. The second-order valence-electron chi connectivity index (χ2n) is 4.71. The number of hydrogen-bond acceptors (Lipinski definition) is 4. The molecule has 3 N–H and O–H groups in total. The Hall–Kier alpha value is -1.72. The third-order valence-electron chi connectivity index (χ3n) is 3.42. The van der Waals surface area contributed by atoms with E-state index in [-0.39, 0.29) is 6.04 Å². The zero-order chi connectivity index (χ0) is 14.0. The zero-order valence-corrected chi connectivity index (χ0v) is 11.9. The number of aromatic amines is 1. The summed E-state index contributed by atoms with van der Waals surface area (Å²) in [6.45, 7) is 0.564. The molecule has 1 aromatic heterocycles. The predicted molar refractivity (Wildman–Crippen MR) is 76.9 cm³/mol. The Morgan fingerprint density at radius 2 is 1.84 bits per heavy atom. The van der Waals surface area contributed by atoms with E-state index in [1.165, 1.54) is 5.56 Å². The van der Waals surface area contributed by atoms with E-state index in [4.69, 9.17) is 15.2 Å². The van der Waals surface area contributed by atoms with Gasteiger partial charge in [-0.3, -0.25) is 0 Å². The maximum atomic E-state index is 5.87. The molecule has 0 amide bonds. The van der Waals surface area contributed by atoms with Crippen LogP contribution in [0.5, 0.6) is 11.5 Å². The van der Waals surface area contributed by atoms with Gasteiger partial charge in [0.15, 0.2) is 11.5 Å². The molecule has 5 heteroatoms. The number of ether oxygens (including phenoxy) is 2. The van der Waals surface area contributed by atoms with E-state index in [1.54, 1.807) is 14.2 Å². The van der Waals surface area contributed by atoms with Gasteiger partial charge >= 0.3 is 0 Å². The van der Waals surface area contributed by atoms with Gasteiger partial charge < -0.3 is 25.1 Å². The van der Waals surface area contributed by atoms with E-state index in [0.29, 0.717) is 6.54 Å². The molecule has 0 spiro atoms. The Labute approximate surface area is 113 Å². The fourth-order valence-corrected chi connectivity index (χ4v) is 2.36. The van der Waals surface area contributed by atoms with Gasteiger partial charge in [-0.1, -0.05) is 0 Å². The van der Waals surface area contributed by atoms with E-state index in [9.17, 15) is 0 Å². The molecule has 0 aliphatic carbocycles. The van der Waals surface area contributed by atoms with Crippen LogP contribution in [-0.2, 0) is 0 Å². The van der Waals surface area contributed by atoms with Gasteiger partial charge in [0.05, 0.1) is 14.2 Å². The highest BCUT2D eigenvalue weighted by atomic mass is 16.5. The van der Waals surface area contributed by atoms with Crippen molar-refractivity contribution in [2.24, 2.45) is 5.73 Å². The Morgan fingerprint density at radius 3 is 2.37 bits per heavy atom. The number of benzene rings is 1. The van der Waals surface area contributed by atoms with E-state index < -0.39 is 0 Å². The van der Waals surface area contributed by atoms with Gasteiger partial charge in [0.25, 0.3) is 0 Å². The highest BCUT2D eigenvalue weighted by Crippen LogP contribution is 2.35. The maximum Gasteiger partial charge on any atom is 0.162 e. The summed E-state index contributed by atoms with van der Waals surface area (Å²) in [7, 11) is 7.33. The molecule has 104 valence electrons. The largest absolute Gasteiger partial charge is 0.493 e. The monoisotopic (exact) mass is 263 g/mol. The summed E-state index contributed by atoms with van der Waals surface area (Å²) in [6.07, 6.45) is 2.00. The molecule has 1 atom stereocenters. The lowest BCUT2D eigenvalue weighted by Crippen LogP contribution is -2.26. The zero-order valence-electron chi connectivity index (χ0n) is 11.9. The van der Waals surface area contributed by atoms with Crippen LogP contribution < -0.4 is 15.2 Å². The standard InChI is InChI=1S/C14H21N3O2/c1-17(2)12(7-15)10-8-16-11-6-14(19-4)13(18-3)5-9(10)11/h5-6,8,12,16H,7,15H2,1-4H3. The average molecular weight is 263 g/mol. The fraction of sp³-hybridized carbons (Fsp3) is 0.429. The molecule has 2 rings (SSSR count). The first-order chi connectivity index (χ1) is 9.12. The van der Waals surface area contributed by atoms with Crippen molar-refractivity contribution in [2.45, 2.75) is 6.04 Å². The minimum atomic E-state index is 0.173. The Balaban J connectivity index is 2.58. The number of hydrogen-bond donors (Lipinski definition) is 2. The maximum absolute atomic E-state index is 5.87. The van der Waals surface area contributed by atoms with E-state index in [0.717, 1.165) is 22.4 Å². The average Bonchev–Trinajstić information content (AvgIpc) is 2.80. The number of rotatable bonds is 5. The van der Waals surface area contributed by atoms with Crippen molar-refractivity contribution >= 4 is 10.9 Å². The molecule has 2 aromatic rings. The first-order valence-corrected chi connectivity index (χ1v) is 6.21. The minimum Gasteiger partial charge on any atom is -0.493 e. The molecular formula is C14H21N3O2. The molecule has 0 bridgehead atoms. The van der Waals surface area contributed by atoms with Crippen LogP contribution in [0.3, 0.4) is 0 Å². The highest BCUT2D eigenvalue weighted by Gasteiger charge is 2.18. The fourth-order valence-electron chi connectivity index (χ4n) is 2.36. The normalized spacial score (nSPS) is 12.9.